The van der Waals surface area contributed by atoms with Crippen molar-refractivity contribution in [3.05, 3.63) is 0 Å². The van der Waals surface area contributed by atoms with Crippen LogP contribution in [0, 0.1) is 5.92 Å². The molecule has 0 bridgehead atoms. The lowest BCUT2D eigenvalue weighted by Crippen LogP contribution is -2.36. The summed E-state index contributed by atoms with van der Waals surface area (Å²) in [6.07, 6.45) is 2.61. The first-order valence-corrected chi connectivity index (χ1v) is 5.87. The van der Waals surface area contributed by atoms with Crippen LogP contribution in [0.25, 0.3) is 0 Å². The zero-order chi connectivity index (χ0) is 11.6. The van der Waals surface area contributed by atoms with Crippen LogP contribution in [0.15, 0.2) is 0 Å². The van der Waals surface area contributed by atoms with E-state index < -0.39 is 0 Å². The number of rotatable bonds is 10. The molecule has 102 valence electrons. The second kappa shape index (κ2) is 10.8. The maximum absolute atomic E-state index is 11.3. The normalized spacial score (nSPS) is 14.2. The Bertz CT molecular complexity index is 201. The number of hydrogen-bond acceptors (Lipinski definition) is 4. The highest BCUT2D eigenvalue weighted by Gasteiger charge is 2.20. The zero-order valence-corrected chi connectivity index (χ0v) is 11.2. The van der Waals surface area contributed by atoms with E-state index in [9.17, 15) is 4.79 Å². The van der Waals surface area contributed by atoms with Crippen molar-refractivity contribution in [3.63, 3.8) is 0 Å². The summed E-state index contributed by atoms with van der Waals surface area (Å²) in [7, 11) is 1.64. The summed E-state index contributed by atoms with van der Waals surface area (Å²) in [6.45, 7) is 3.65. The summed E-state index contributed by atoms with van der Waals surface area (Å²) in [6, 6.07) is 0. The Morgan fingerprint density at radius 1 is 1.29 bits per heavy atom. The van der Waals surface area contributed by atoms with Crippen molar-refractivity contribution in [1.82, 2.24) is 10.6 Å². The molecule has 0 unspecified atom stereocenters. The predicted octanol–water partition coefficient (Wildman–Crippen LogP) is 0.187. The molecule has 1 aliphatic rings. The fraction of sp³-hybridized carbons (Fsp3) is 0.909. The van der Waals surface area contributed by atoms with E-state index in [1.54, 1.807) is 7.11 Å². The Hall–Kier alpha value is -0.360. The van der Waals surface area contributed by atoms with Crippen molar-refractivity contribution in [1.29, 1.82) is 0 Å². The van der Waals surface area contributed by atoms with Crippen molar-refractivity contribution in [2.24, 2.45) is 5.92 Å². The van der Waals surface area contributed by atoms with Crippen molar-refractivity contribution in [2.75, 3.05) is 46.6 Å². The number of methoxy groups -OCH3 is 1. The van der Waals surface area contributed by atoms with Crippen molar-refractivity contribution < 1.29 is 14.3 Å². The summed E-state index contributed by atoms with van der Waals surface area (Å²) >= 11 is 0. The van der Waals surface area contributed by atoms with Crippen molar-refractivity contribution >= 4 is 18.3 Å². The largest absolute Gasteiger partial charge is 0.382 e. The zero-order valence-electron chi connectivity index (χ0n) is 10.4. The van der Waals surface area contributed by atoms with E-state index in [-0.39, 0.29) is 18.3 Å². The van der Waals surface area contributed by atoms with Gasteiger partial charge in [0, 0.05) is 13.7 Å². The molecule has 0 aromatic rings. The highest BCUT2D eigenvalue weighted by Crippen LogP contribution is 2.27. The maximum Gasteiger partial charge on any atom is 0.234 e. The van der Waals surface area contributed by atoms with E-state index in [0.717, 1.165) is 12.5 Å². The third-order valence-electron chi connectivity index (χ3n) is 2.42. The molecule has 1 rings (SSSR count). The highest BCUT2D eigenvalue weighted by atomic mass is 35.5. The van der Waals surface area contributed by atoms with Gasteiger partial charge in [-0.25, -0.2) is 0 Å². The van der Waals surface area contributed by atoms with Crippen LogP contribution in [0.3, 0.4) is 0 Å². The minimum Gasteiger partial charge on any atom is -0.382 e. The number of halogens is 1. The monoisotopic (exact) mass is 266 g/mol. The first-order valence-electron chi connectivity index (χ1n) is 5.87. The number of hydrogen-bond donors (Lipinski definition) is 2. The van der Waals surface area contributed by atoms with Crippen LogP contribution >= 0.6 is 12.4 Å². The Labute approximate surface area is 109 Å². The minimum absolute atomic E-state index is 0. The molecule has 0 aliphatic heterocycles. The van der Waals surface area contributed by atoms with Crippen LogP contribution in [-0.2, 0) is 14.3 Å². The number of ether oxygens (including phenoxy) is 2. The smallest absolute Gasteiger partial charge is 0.234 e. The van der Waals surface area contributed by atoms with Crippen LogP contribution in [0.5, 0.6) is 0 Å². The topological polar surface area (TPSA) is 59.6 Å². The summed E-state index contributed by atoms with van der Waals surface area (Å²) in [5.74, 6) is 0.848. The number of carbonyl (C=O) groups excluding carboxylic acids is 1. The predicted molar refractivity (Wildman–Crippen MR) is 68.5 cm³/mol. The molecule has 0 heterocycles. The molecule has 0 atom stereocenters. The van der Waals surface area contributed by atoms with Gasteiger partial charge in [-0.1, -0.05) is 0 Å². The number of carbonyl (C=O) groups is 1. The van der Waals surface area contributed by atoms with Gasteiger partial charge in [0.1, 0.15) is 0 Å². The Balaban J connectivity index is 0.00000256. The molecular formula is C11H23ClN2O3. The lowest BCUT2D eigenvalue weighted by Gasteiger charge is -2.06. The van der Waals surface area contributed by atoms with E-state index >= 15 is 0 Å². The van der Waals surface area contributed by atoms with Gasteiger partial charge in [0.05, 0.1) is 26.4 Å². The van der Waals surface area contributed by atoms with Crippen LogP contribution in [0.4, 0.5) is 0 Å². The average Bonchev–Trinajstić information content (AvgIpc) is 3.07. The molecule has 5 nitrogen and oxygen atoms in total. The van der Waals surface area contributed by atoms with Gasteiger partial charge in [0.15, 0.2) is 0 Å². The van der Waals surface area contributed by atoms with Gasteiger partial charge in [0.25, 0.3) is 0 Å². The average molecular weight is 267 g/mol. The van der Waals surface area contributed by atoms with E-state index in [4.69, 9.17) is 9.47 Å². The van der Waals surface area contributed by atoms with Crippen molar-refractivity contribution in [2.45, 2.75) is 12.8 Å². The van der Waals surface area contributed by atoms with Gasteiger partial charge in [-0.3, -0.25) is 4.79 Å². The molecule has 1 amide bonds. The third-order valence-corrected chi connectivity index (χ3v) is 2.42. The van der Waals surface area contributed by atoms with Gasteiger partial charge >= 0.3 is 0 Å². The van der Waals surface area contributed by atoms with Gasteiger partial charge < -0.3 is 20.1 Å². The maximum atomic E-state index is 11.3. The number of nitrogens with one attached hydrogen (secondary N) is 2. The Morgan fingerprint density at radius 2 is 2.06 bits per heavy atom. The van der Waals surface area contributed by atoms with Crippen LogP contribution in [-0.4, -0.2) is 52.5 Å². The highest BCUT2D eigenvalue weighted by molar-refractivity contribution is 5.85. The Morgan fingerprint density at radius 3 is 2.71 bits per heavy atom. The van der Waals surface area contributed by atoms with Gasteiger partial charge in [0.2, 0.25) is 5.91 Å². The molecule has 0 saturated heterocycles. The molecule has 1 aliphatic carbocycles. The standard InChI is InChI=1S/C11H22N2O3.ClH/c1-15-6-7-16-5-4-13-11(14)9-12-8-10-2-3-10;/h10,12H,2-9H2,1H3,(H,13,14);1H. The molecule has 17 heavy (non-hydrogen) atoms. The van der Waals surface area contributed by atoms with Crippen molar-refractivity contribution in [3.8, 4) is 0 Å². The van der Waals surface area contributed by atoms with E-state index in [1.807, 2.05) is 0 Å². The lowest BCUT2D eigenvalue weighted by atomic mass is 10.4. The molecule has 0 radical (unpaired) electrons. The summed E-state index contributed by atoms with van der Waals surface area (Å²) in [5.41, 5.74) is 0. The minimum atomic E-state index is 0. The fourth-order valence-corrected chi connectivity index (χ4v) is 1.28. The Kier molecular flexibility index (Phi) is 10.5. The first kappa shape index (κ1) is 16.6. The SMILES string of the molecule is COCCOCCNC(=O)CNCC1CC1.Cl. The van der Waals surface area contributed by atoms with E-state index in [0.29, 0.717) is 32.9 Å². The molecule has 1 fully saturated rings. The van der Waals surface area contributed by atoms with Gasteiger partial charge in [-0.15, -0.1) is 12.4 Å². The fourth-order valence-electron chi connectivity index (χ4n) is 1.28. The quantitative estimate of drug-likeness (QED) is 0.554. The molecule has 2 N–H and O–H groups in total. The number of amides is 1. The molecule has 0 aromatic carbocycles. The van der Waals surface area contributed by atoms with Crippen LogP contribution in [0.1, 0.15) is 12.8 Å². The summed E-state index contributed by atoms with van der Waals surface area (Å²) in [5, 5.41) is 5.92. The van der Waals surface area contributed by atoms with Gasteiger partial charge in [-0.2, -0.15) is 0 Å². The molecular weight excluding hydrogens is 244 g/mol. The summed E-state index contributed by atoms with van der Waals surface area (Å²) in [4.78, 5) is 11.3. The van der Waals surface area contributed by atoms with Gasteiger partial charge in [-0.05, 0) is 25.3 Å². The molecule has 6 heteroatoms. The van der Waals surface area contributed by atoms with E-state index in [1.165, 1.54) is 12.8 Å². The third kappa shape index (κ3) is 10.5. The van der Waals surface area contributed by atoms with Crippen LogP contribution < -0.4 is 10.6 Å². The second-order valence-electron chi connectivity index (χ2n) is 4.03. The summed E-state index contributed by atoms with van der Waals surface area (Å²) < 4.78 is 10.0. The molecule has 0 aromatic heterocycles. The second-order valence-corrected chi connectivity index (χ2v) is 4.03. The van der Waals surface area contributed by atoms with Crippen LogP contribution in [0.2, 0.25) is 0 Å². The first-order chi connectivity index (χ1) is 7.83. The molecule has 0 spiro atoms. The molecule has 1 saturated carbocycles. The van der Waals surface area contributed by atoms with E-state index in [2.05, 4.69) is 10.6 Å². The lowest BCUT2D eigenvalue weighted by molar-refractivity contribution is -0.120.